The molecular weight excluding hydrogens is 319 g/mol. The van der Waals surface area contributed by atoms with Crippen molar-refractivity contribution in [1.82, 2.24) is 10.3 Å². The van der Waals surface area contributed by atoms with Crippen LogP contribution in [0.1, 0.15) is 11.1 Å². The first kappa shape index (κ1) is 17.1. The Balaban J connectivity index is 0.00000200. The number of hydrogen-bond donors (Lipinski definition) is 1. The quantitative estimate of drug-likeness (QED) is 0.875. The van der Waals surface area contributed by atoms with Crippen molar-refractivity contribution >= 4 is 23.2 Å². The molecule has 2 rings (SSSR count). The number of pyridine rings is 1. The van der Waals surface area contributed by atoms with Crippen LogP contribution in [-0.2, 0) is 13.1 Å². The molecule has 6 heteroatoms. The highest BCUT2D eigenvalue weighted by molar-refractivity contribution is 6.35. The molecule has 20 heavy (non-hydrogen) atoms. The molecule has 0 amide bonds. The maximum Gasteiger partial charge on any atom is 0.142 e. The van der Waals surface area contributed by atoms with Gasteiger partial charge in [-0.3, -0.25) is 4.98 Å². The standard InChI is InChI=1S/C14H14Cl2N2O.ClH/c1-19-14-11(6-12(15)7-13(14)16)9-18-8-10-2-4-17-5-3-10;/h2-7,18H,8-9H2,1H3;1H/p-1. The molecule has 1 heterocycles. The van der Waals surface area contributed by atoms with E-state index in [1.807, 2.05) is 18.2 Å². The minimum Gasteiger partial charge on any atom is -1.00 e. The van der Waals surface area contributed by atoms with E-state index < -0.39 is 0 Å². The smallest absolute Gasteiger partial charge is 0.142 e. The molecule has 0 aliphatic rings. The third-order valence-corrected chi connectivity index (χ3v) is 3.18. The van der Waals surface area contributed by atoms with Crippen LogP contribution in [0.3, 0.4) is 0 Å². The Hall–Kier alpha value is -1.00. The molecule has 0 unspecified atom stereocenters. The molecule has 0 spiro atoms. The summed E-state index contributed by atoms with van der Waals surface area (Å²) in [5.41, 5.74) is 2.11. The fourth-order valence-electron chi connectivity index (χ4n) is 1.82. The van der Waals surface area contributed by atoms with Crippen molar-refractivity contribution in [2.75, 3.05) is 7.11 Å². The van der Waals surface area contributed by atoms with Crippen LogP contribution in [0.25, 0.3) is 0 Å². The third-order valence-electron chi connectivity index (χ3n) is 2.68. The van der Waals surface area contributed by atoms with Gasteiger partial charge in [-0.2, -0.15) is 0 Å². The summed E-state index contributed by atoms with van der Waals surface area (Å²) in [6.07, 6.45) is 3.54. The van der Waals surface area contributed by atoms with Gasteiger partial charge in [-0.25, -0.2) is 0 Å². The van der Waals surface area contributed by atoms with Crippen LogP contribution in [0.5, 0.6) is 5.75 Å². The second kappa shape index (κ2) is 8.32. The van der Waals surface area contributed by atoms with Crippen LogP contribution in [0, 0.1) is 0 Å². The van der Waals surface area contributed by atoms with Crippen LogP contribution < -0.4 is 22.5 Å². The lowest BCUT2D eigenvalue weighted by atomic mass is 10.2. The van der Waals surface area contributed by atoms with Crippen molar-refractivity contribution in [2.24, 2.45) is 0 Å². The average molecular weight is 333 g/mol. The van der Waals surface area contributed by atoms with E-state index in [1.165, 1.54) is 5.56 Å². The van der Waals surface area contributed by atoms with Crippen LogP contribution in [0.15, 0.2) is 36.7 Å². The minimum atomic E-state index is 0. The molecule has 0 atom stereocenters. The molecule has 0 saturated heterocycles. The zero-order chi connectivity index (χ0) is 13.7. The molecule has 0 aliphatic carbocycles. The number of aromatic nitrogens is 1. The first-order valence-electron chi connectivity index (χ1n) is 5.82. The van der Waals surface area contributed by atoms with E-state index in [9.17, 15) is 0 Å². The molecule has 0 bridgehead atoms. The molecule has 0 aliphatic heterocycles. The summed E-state index contributed by atoms with van der Waals surface area (Å²) < 4.78 is 5.29. The Labute approximate surface area is 134 Å². The highest BCUT2D eigenvalue weighted by Crippen LogP contribution is 2.32. The number of ether oxygens (including phenoxy) is 1. The molecule has 1 aromatic heterocycles. The number of nitrogens with one attached hydrogen (secondary N) is 1. The van der Waals surface area contributed by atoms with Gasteiger partial charge >= 0.3 is 0 Å². The van der Waals surface area contributed by atoms with Gasteiger partial charge in [0, 0.05) is 36.1 Å². The molecule has 0 fully saturated rings. The van der Waals surface area contributed by atoms with Gasteiger partial charge in [-0.1, -0.05) is 23.2 Å². The summed E-state index contributed by atoms with van der Waals surface area (Å²) in [7, 11) is 1.60. The number of rotatable bonds is 5. The molecule has 0 saturated carbocycles. The maximum absolute atomic E-state index is 6.09. The van der Waals surface area contributed by atoms with Crippen molar-refractivity contribution < 1.29 is 17.1 Å². The first-order chi connectivity index (χ1) is 9.20. The topological polar surface area (TPSA) is 34.1 Å². The van der Waals surface area contributed by atoms with E-state index in [0.29, 0.717) is 22.3 Å². The van der Waals surface area contributed by atoms with Crippen molar-refractivity contribution in [3.63, 3.8) is 0 Å². The Kier molecular flexibility index (Phi) is 7.10. The second-order valence-electron chi connectivity index (χ2n) is 4.04. The van der Waals surface area contributed by atoms with Crippen LogP contribution in [-0.4, -0.2) is 12.1 Å². The van der Waals surface area contributed by atoms with Crippen molar-refractivity contribution in [1.29, 1.82) is 0 Å². The lowest BCUT2D eigenvalue weighted by molar-refractivity contribution is -0.00000403. The number of halogens is 3. The van der Waals surface area contributed by atoms with Gasteiger partial charge in [0.25, 0.3) is 0 Å². The van der Waals surface area contributed by atoms with E-state index in [-0.39, 0.29) is 12.4 Å². The lowest BCUT2D eigenvalue weighted by Crippen LogP contribution is -3.00. The number of nitrogens with zero attached hydrogens (tertiary/aromatic N) is 1. The molecular formula is C14H14Cl3N2O-. The zero-order valence-corrected chi connectivity index (χ0v) is 13.1. The fraction of sp³-hybridized carbons (Fsp3) is 0.214. The second-order valence-corrected chi connectivity index (χ2v) is 4.88. The van der Waals surface area contributed by atoms with E-state index in [0.717, 1.165) is 12.1 Å². The van der Waals surface area contributed by atoms with Crippen molar-refractivity contribution in [2.45, 2.75) is 13.1 Å². The van der Waals surface area contributed by atoms with Gasteiger partial charge in [-0.05, 0) is 29.8 Å². The van der Waals surface area contributed by atoms with Gasteiger partial charge < -0.3 is 22.5 Å². The van der Waals surface area contributed by atoms with Gasteiger partial charge in [0.15, 0.2) is 0 Å². The maximum atomic E-state index is 6.09. The highest BCUT2D eigenvalue weighted by Gasteiger charge is 2.09. The summed E-state index contributed by atoms with van der Waals surface area (Å²) in [5, 5.41) is 4.45. The van der Waals surface area contributed by atoms with Gasteiger partial charge in [0.2, 0.25) is 0 Å². The normalized spacial score (nSPS) is 9.95. The minimum absolute atomic E-state index is 0. The predicted octanol–water partition coefficient (Wildman–Crippen LogP) is 0.691. The number of hydrogen-bond acceptors (Lipinski definition) is 3. The highest BCUT2D eigenvalue weighted by atomic mass is 35.5. The van der Waals surface area contributed by atoms with Crippen molar-refractivity contribution in [3.05, 3.63) is 57.8 Å². The number of methoxy groups -OCH3 is 1. The molecule has 3 nitrogen and oxygen atoms in total. The molecule has 108 valence electrons. The van der Waals surface area contributed by atoms with Gasteiger partial charge in [0.1, 0.15) is 5.75 Å². The summed E-state index contributed by atoms with van der Waals surface area (Å²) in [6.45, 7) is 1.38. The summed E-state index contributed by atoms with van der Waals surface area (Å²) in [4.78, 5) is 3.98. The Morgan fingerprint density at radius 1 is 1.15 bits per heavy atom. The molecule has 2 aromatic rings. The molecule has 0 radical (unpaired) electrons. The van der Waals surface area contributed by atoms with Crippen LogP contribution in [0.4, 0.5) is 0 Å². The third kappa shape index (κ3) is 4.53. The summed E-state index contributed by atoms with van der Waals surface area (Å²) in [5.74, 6) is 0.660. The van der Waals surface area contributed by atoms with Gasteiger partial charge in [-0.15, -0.1) is 0 Å². The van der Waals surface area contributed by atoms with Crippen molar-refractivity contribution in [3.8, 4) is 5.75 Å². The predicted molar refractivity (Wildman–Crippen MR) is 77.8 cm³/mol. The largest absolute Gasteiger partial charge is 1.00 e. The lowest BCUT2D eigenvalue weighted by Gasteiger charge is -2.12. The first-order valence-corrected chi connectivity index (χ1v) is 6.58. The van der Waals surface area contributed by atoms with E-state index in [2.05, 4.69) is 10.3 Å². The Morgan fingerprint density at radius 2 is 1.85 bits per heavy atom. The monoisotopic (exact) mass is 331 g/mol. The van der Waals surface area contributed by atoms with Crippen LogP contribution in [0.2, 0.25) is 10.0 Å². The summed E-state index contributed by atoms with van der Waals surface area (Å²) in [6, 6.07) is 7.46. The fourth-order valence-corrected chi connectivity index (χ4v) is 2.43. The Bertz CT molecular complexity index is 550. The number of benzene rings is 1. The van der Waals surface area contributed by atoms with Crippen LogP contribution >= 0.6 is 23.2 Å². The summed E-state index contributed by atoms with van der Waals surface area (Å²) >= 11 is 12.1. The SMILES string of the molecule is COc1c(Cl)cc(Cl)cc1CNCc1ccncc1.[Cl-]. The van der Waals surface area contributed by atoms with E-state index in [1.54, 1.807) is 25.6 Å². The van der Waals surface area contributed by atoms with Gasteiger partial charge in [0.05, 0.1) is 12.1 Å². The molecule has 1 N–H and O–H groups in total. The van der Waals surface area contributed by atoms with E-state index in [4.69, 9.17) is 27.9 Å². The average Bonchev–Trinajstić information content (AvgIpc) is 2.39. The van der Waals surface area contributed by atoms with E-state index >= 15 is 0 Å². The Morgan fingerprint density at radius 3 is 2.50 bits per heavy atom. The molecule has 1 aromatic carbocycles. The zero-order valence-electron chi connectivity index (χ0n) is 10.9.